The zero-order valence-corrected chi connectivity index (χ0v) is 22.5. The van der Waals surface area contributed by atoms with Gasteiger partial charge in [0.15, 0.2) is 0 Å². The minimum Gasteiger partial charge on any atom is -0.373 e. The zero-order valence-electron chi connectivity index (χ0n) is 20.9. The molecule has 1 amide bonds. The third kappa shape index (κ3) is 7.12. The predicted molar refractivity (Wildman–Crippen MR) is 151 cm³/mol. The van der Waals surface area contributed by atoms with Crippen LogP contribution >= 0.6 is 23.5 Å². The van der Waals surface area contributed by atoms with Crippen LogP contribution in [-0.2, 0) is 16.0 Å². The number of hydrogen-bond donors (Lipinski definition) is 3. The molecular weight excluding hydrogens is 472 g/mol. The van der Waals surface area contributed by atoms with Gasteiger partial charge in [0.2, 0.25) is 5.91 Å². The van der Waals surface area contributed by atoms with Crippen LogP contribution in [0.25, 0.3) is 0 Å². The molecule has 1 fully saturated rings. The molecule has 4 rings (SSSR count). The molecule has 1 aliphatic carbocycles. The first-order chi connectivity index (χ1) is 17.0. The average Bonchev–Trinajstić information content (AvgIpc) is 3.67. The Bertz CT molecular complexity index is 1130. The minimum atomic E-state index is -0.0102. The number of rotatable bonds is 10. The maximum Gasteiger partial charge on any atom is 0.228 e. The van der Waals surface area contributed by atoms with Crippen molar-refractivity contribution in [2.45, 2.75) is 54.6 Å². The second-order valence-electron chi connectivity index (χ2n) is 7.98. The van der Waals surface area contributed by atoms with Crippen molar-refractivity contribution >= 4 is 47.2 Å². The first-order valence-electron chi connectivity index (χ1n) is 12.0. The fourth-order valence-electron chi connectivity index (χ4n) is 3.74. The van der Waals surface area contributed by atoms with Crippen LogP contribution < -0.4 is 10.6 Å². The number of pyridine rings is 1. The van der Waals surface area contributed by atoms with Gasteiger partial charge >= 0.3 is 0 Å². The summed E-state index contributed by atoms with van der Waals surface area (Å²) in [6.45, 7) is 6.13. The van der Waals surface area contributed by atoms with Crippen LogP contribution in [0.1, 0.15) is 50.3 Å². The number of hydrogen-bond acceptors (Lipinski definition) is 6. The number of nitrogens with one attached hydrogen (secondary N) is 3. The number of carbonyl (C=O) groups is 1. The minimum absolute atomic E-state index is 0.0102. The lowest BCUT2D eigenvalue weighted by Gasteiger charge is -2.17. The van der Waals surface area contributed by atoms with Crippen molar-refractivity contribution in [1.29, 1.82) is 5.41 Å². The Balaban J connectivity index is 0.00000167. The molecule has 0 unspecified atom stereocenters. The Morgan fingerprint density at radius 3 is 2.34 bits per heavy atom. The van der Waals surface area contributed by atoms with E-state index in [0.29, 0.717) is 6.42 Å². The summed E-state index contributed by atoms with van der Waals surface area (Å²) >= 11 is 3.60. The van der Waals surface area contributed by atoms with Crippen molar-refractivity contribution in [3.05, 3.63) is 77.5 Å². The van der Waals surface area contributed by atoms with Crippen molar-refractivity contribution in [2.24, 2.45) is 0 Å². The molecule has 5 nitrogen and oxygen atoms in total. The van der Waals surface area contributed by atoms with Crippen molar-refractivity contribution in [2.75, 3.05) is 23.4 Å². The van der Waals surface area contributed by atoms with Gasteiger partial charge in [-0.25, -0.2) is 4.98 Å². The Morgan fingerprint density at radius 2 is 1.77 bits per heavy atom. The van der Waals surface area contributed by atoms with E-state index >= 15 is 0 Å². The second-order valence-corrected chi connectivity index (χ2v) is 10.8. The monoisotopic (exact) mass is 506 g/mol. The number of nitrogens with zero attached hydrogens (tertiary/aromatic N) is 1. The summed E-state index contributed by atoms with van der Waals surface area (Å²) in [5.41, 5.74) is 3.87. The molecule has 0 bridgehead atoms. The molecule has 0 atom stereocenters. The van der Waals surface area contributed by atoms with E-state index in [-0.39, 0.29) is 10.7 Å². The topological polar surface area (TPSA) is 77.9 Å². The Hall–Kier alpha value is -2.77. The third-order valence-electron chi connectivity index (χ3n) is 5.60. The van der Waals surface area contributed by atoms with E-state index in [2.05, 4.69) is 46.8 Å². The Labute approximate surface area is 217 Å². The summed E-state index contributed by atoms with van der Waals surface area (Å²) in [4.78, 5) is 19.2. The molecule has 2 aromatic carbocycles. The van der Waals surface area contributed by atoms with Gasteiger partial charge < -0.3 is 16.0 Å². The van der Waals surface area contributed by atoms with E-state index in [0.717, 1.165) is 46.1 Å². The number of aromatic nitrogens is 1. The highest BCUT2D eigenvalue weighted by Crippen LogP contribution is 2.59. The van der Waals surface area contributed by atoms with Gasteiger partial charge in [-0.15, -0.1) is 23.5 Å². The maximum absolute atomic E-state index is 12.5. The fraction of sp³-hybridized carbons (Fsp3) is 0.321. The summed E-state index contributed by atoms with van der Waals surface area (Å²) in [6, 6.07) is 18.4. The summed E-state index contributed by atoms with van der Waals surface area (Å²) < 4.78 is 0.0446. The largest absolute Gasteiger partial charge is 0.373 e. The SMILES string of the molecule is CC.CCSc1ccc(CC(=O)Nc2ccc(C3(Sc4cnc(NC)c(C=N)c4)CC3)cc2)cc1. The van der Waals surface area contributed by atoms with E-state index < -0.39 is 0 Å². The van der Waals surface area contributed by atoms with Crippen LogP contribution in [0.15, 0.2) is 70.6 Å². The van der Waals surface area contributed by atoms with Crippen molar-refractivity contribution in [1.82, 2.24) is 4.98 Å². The molecule has 0 saturated heterocycles. The molecule has 1 saturated carbocycles. The summed E-state index contributed by atoms with van der Waals surface area (Å²) in [6.07, 6.45) is 5.76. The molecule has 1 aromatic heterocycles. The van der Waals surface area contributed by atoms with E-state index in [1.165, 1.54) is 16.7 Å². The quantitative estimate of drug-likeness (QED) is 0.200. The van der Waals surface area contributed by atoms with E-state index in [9.17, 15) is 4.79 Å². The van der Waals surface area contributed by atoms with E-state index in [1.54, 1.807) is 23.5 Å². The molecule has 0 radical (unpaired) electrons. The molecule has 7 heteroatoms. The maximum atomic E-state index is 12.5. The summed E-state index contributed by atoms with van der Waals surface area (Å²) in [7, 11) is 1.81. The van der Waals surface area contributed by atoms with Crippen molar-refractivity contribution in [3.8, 4) is 0 Å². The Kier molecular flexibility index (Phi) is 9.81. The average molecular weight is 507 g/mol. The zero-order chi connectivity index (χ0) is 25.3. The lowest BCUT2D eigenvalue weighted by molar-refractivity contribution is -0.115. The van der Waals surface area contributed by atoms with Crippen LogP contribution in [0.4, 0.5) is 11.5 Å². The first kappa shape index (κ1) is 26.8. The van der Waals surface area contributed by atoms with Crippen molar-refractivity contribution < 1.29 is 4.79 Å². The number of thioether (sulfide) groups is 2. The smallest absolute Gasteiger partial charge is 0.228 e. The van der Waals surface area contributed by atoms with Gasteiger partial charge in [0, 0.05) is 45.2 Å². The number of carbonyl (C=O) groups excluding carboxylic acids is 1. The fourth-order valence-corrected chi connectivity index (χ4v) is 5.71. The number of benzene rings is 2. The molecule has 1 aliphatic rings. The molecule has 184 valence electrons. The summed E-state index contributed by atoms with van der Waals surface area (Å²) in [5.74, 6) is 1.75. The van der Waals surface area contributed by atoms with Gasteiger partial charge in [-0.05, 0) is 60.1 Å². The van der Waals surface area contributed by atoms with Gasteiger partial charge in [-0.2, -0.15) is 0 Å². The van der Waals surface area contributed by atoms with Gasteiger partial charge in [-0.1, -0.05) is 45.0 Å². The highest BCUT2D eigenvalue weighted by Gasteiger charge is 2.45. The molecular formula is C28H34N4OS2. The highest BCUT2D eigenvalue weighted by molar-refractivity contribution is 8.00. The van der Waals surface area contributed by atoms with Gasteiger partial charge in [0.25, 0.3) is 0 Å². The number of amides is 1. The van der Waals surface area contributed by atoms with Gasteiger partial charge in [-0.3, -0.25) is 4.79 Å². The van der Waals surface area contributed by atoms with Crippen LogP contribution in [0.2, 0.25) is 0 Å². The van der Waals surface area contributed by atoms with Crippen LogP contribution in [-0.4, -0.2) is 29.9 Å². The standard InChI is InChI=1S/C26H28N4OS2.C2H6/c1-3-32-22-10-4-18(5-11-22)14-24(31)30-21-8-6-20(7-9-21)26(12-13-26)33-23-15-19(16-27)25(28-2)29-17-23;1-2/h4-11,15-17,27H,3,12-14H2,1-2H3,(H,28,29)(H,30,31);1-2H3. The van der Waals surface area contributed by atoms with Crippen LogP contribution in [0.3, 0.4) is 0 Å². The summed E-state index contributed by atoms with van der Waals surface area (Å²) in [5, 5.41) is 13.7. The van der Waals surface area contributed by atoms with E-state index in [1.807, 2.05) is 57.4 Å². The van der Waals surface area contributed by atoms with Crippen LogP contribution in [0, 0.1) is 5.41 Å². The first-order valence-corrected chi connectivity index (χ1v) is 13.8. The lowest BCUT2D eigenvalue weighted by Crippen LogP contribution is -2.14. The molecule has 3 N–H and O–H groups in total. The van der Waals surface area contributed by atoms with Gasteiger partial charge in [0.05, 0.1) is 6.42 Å². The highest BCUT2D eigenvalue weighted by atomic mass is 32.2. The Morgan fingerprint density at radius 1 is 1.09 bits per heavy atom. The lowest BCUT2D eigenvalue weighted by atomic mass is 10.1. The van der Waals surface area contributed by atoms with Crippen molar-refractivity contribution in [3.63, 3.8) is 0 Å². The number of anilines is 2. The normalized spacial score (nSPS) is 13.3. The van der Waals surface area contributed by atoms with E-state index in [4.69, 9.17) is 5.41 Å². The molecule has 0 aliphatic heterocycles. The molecule has 3 aromatic rings. The molecule has 35 heavy (non-hydrogen) atoms. The van der Waals surface area contributed by atoms with Gasteiger partial charge in [0.1, 0.15) is 5.82 Å². The molecule has 1 heterocycles. The third-order valence-corrected chi connectivity index (χ3v) is 7.98. The van der Waals surface area contributed by atoms with Crippen LogP contribution in [0.5, 0.6) is 0 Å². The second kappa shape index (κ2) is 12.8. The molecule has 0 spiro atoms. The predicted octanol–water partition coefficient (Wildman–Crippen LogP) is 7.22.